The monoisotopic (exact) mass is 344 g/mol. The van der Waals surface area contributed by atoms with E-state index in [2.05, 4.69) is 21.8 Å². The lowest BCUT2D eigenvalue weighted by molar-refractivity contribution is 0.561. The first-order valence-corrected chi connectivity index (χ1v) is 8.23. The number of aliphatic imine (C=N–C) groups is 1. The summed E-state index contributed by atoms with van der Waals surface area (Å²) in [5, 5.41) is 0. The van der Waals surface area contributed by atoms with Gasteiger partial charge in [0.25, 0.3) is 0 Å². The minimum atomic E-state index is -0.533. The molecule has 0 unspecified atom stereocenters. The standard InChI is InChI=1S/C22H14F2N2/c23-20-5-3-6-21(24)19(20)13-15-7-8-16-14-26-22(18(16)12-15)10-9-17-4-1-2-11-25-17/h1-8,11-12H,13-14H2. The molecule has 0 aliphatic carbocycles. The van der Waals surface area contributed by atoms with Crippen molar-refractivity contribution in [3.05, 3.63) is 100 Å². The van der Waals surface area contributed by atoms with Crippen LogP contribution in [0.3, 0.4) is 0 Å². The van der Waals surface area contributed by atoms with Gasteiger partial charge >= 0.3 is 0 Å². The third-order valence-corrected chi connectivity index (χ3v) is 4.25. The van der Waals surface area contributed by atoms with E-state index in [9.17, 15) is 8.78 Å². The van der Waals surface area contributed by atoms with Crippen molar-refractivity contribution in [2.45, 2.75) is 13.0 Å². The van der Waals surface area contributed by atoms with Crippen molar-refractivity contribution in [1.82, 2.24) is 4.98 Å². The van der Waals surface area contributed by atoms with Crippen molar-refractivity contribution in [2.24, 2.45) is 4.99 Å². The first-order chi connectivity index (χ1) is 12.7. The fourth-order valence-corrected chi connectivity index (χ4v) is 2.91. The lowest BCUT2D eigenvalue weighted by Gasteiger charge is -2.07. The maximum absolute atomic E-state index is 13.9. The number of benzene rings is 2. The molecule has 4 heteroatoms. The Morgan fingerprint density at radius 2 is 1.77 bits per heavy atom. The largest absolute Gasteiger partial charge is 0.271 e. The Morgan fingerprint density at radius 1 is 0.923 bits per heavy atom. The summed E-state index contributed by atoms with van der Waals surface area (Å²) < 4.78 is 27.8. The Bertz CT molecular complexity index is 1040. The fraction of sp³-hybridized carbons (Fsp3) is 0.0909. The van der Waals surface area contributed by atoms with Crippen LogP contribution in [-0.4, -0.2) is 10.7 Å². The van der Waals surface area contributed by atoms with Gasteiger partial charge in [-0.1, -0.05) is 24.3 Å². The van der Waals surface area contributed by atoms with Crippen molar-refractivity contribution in [3.63, 3.8) is 0 Å². The number of nitrogens with zero attached hydrogens (tertiary/aromatic N) is 2. The molecule has 2 heterocycles. The zero-order valence-electron chi connectivity index (χ0n) is 13.8. The van der Waals surface area contributed by atoms with Gasteiger partial charge in [-0.25, -0.2) is 13.8 Å². The third-order valence-electron chi connectivity index (χ3n) is 4.25. The second-order valence-electron chi connectivity index (χ2n) is 6.00. The average molecular weight is 344 g/mol. The smallest absolute Gasteiger partial charge is 0.129 e. The van der Waals surface area contributed by atoms with Crippen molar-refractivity contribution < 1.29 is 8.78 Å². The molecule has 0 saturated carbocycles. The van der Waals surface area contributed by atoms with E-state index >= 15 is 0 Å². The van der Waals surface area contributed by atoms with E-state index in [-0.39, 0.29) is 12.0 Å². The maximum Gasteiger partial charge on any atom is 0.129 e. The molecule has 0 atom stereocenters. The SMILES string of the molecule is Fc1cccc(F)c1Cc1ccc2c(c1)C(C#Cc1ccccn1)=NC2. The summed E-state index contributed by atoms with van der Waals surface area (Å²) in [4.78, 5) is 8.65. The number of pyridine rings is 1. The van der Waals surface area contributed by atoms with E-state index in [4.69, 9.17) is 0 Å². The van der Waals surface area contributed by atoms with Crippen LogP contribution in [0.25, 0.3) is 0 Å². The van der Waals surface area contributed by atoms with Gasteiger partial charge in [0, 0.05) is 23.7 Å². The predicted molar refractivity (Wildman–Crippen MR) is 97.0 cm³/mol. The van der Waals surface area contributed by atoms with E-state index in [1.54, 1.807) is 6.20 Å². The Kier molecular flexibility index (Phi) is 4.28. The summed E-state index contributed by atoms with van der Waals surface area (Å²) in [5.41, 5.74) is 4.23. The summed E-state index contributed by atoms with van der Waals surface area (Å²) in [6.45, 7) is 0.565. The van der Waals surface area contributed by atoms with Crippen molar-refractivity contribution in [1.29, 1.82) is 0 Å². The summed E-state index contributed by atoms with van der Waals surface area (Å²) >= 11 is 0. The highest BCUT2D eigenvalue weighted by Crippen LogP contribution is 2.23. The predicted octanol–water partition coefficient (Wildman–Crippen LogP) is 4.31. The molecule has 26 heavy (non-hydrogen) atoms. The number of fused-ring (bicyclic) bond motifs is 1. The van der Waals surface area contributed by atoms with Crippen LogP contribution in [-0.2, 0) is 13.0 Å². The highest BCUT2D eigenvalue weighted by Gasteiger charge is 2.16. The van der Waals surface area contributed by atoms with Gasteiger partial charge in [-0.15, -0.1) is 0 Å². The van der Waals surface area contributed by atoms with E-state index in [0.717, 1.165) is 16.7 Å². The molecular weight excluding hydrogens is 330 g/mol. The first kappa shape index (κ1) is 16.2. The van der Waals surface area contributed by atoms with Crippen molar-refractivity contribution in [2.75, 3.05) is 0 Å². The lowest BCUT2D eigenvalue weighted by Crippen LogP contribution is -2.00. The Morgan fingerprint density at radius 3 is 2.54 bits per heavy atom. The molecule has 1 aliphatic heterocycles. The quantitative estimate of drug-likeness (QED) is 0.636. The normalized spacial score (nSPS) is 12.2. The molecule has 1 aliphatic rings. The summed E-state index contributed by atoms with van der Waals surface area (Å²) in [6, 6.07) is 15.2. The highest BCUT2D eigenvalue weighted by molar-refractivity contribution is 6.15. The maximum atomic E-state index is 13.9. The van der Waals surface area contributed by atoms with Gasteiger partial charge < -0.3 is 0 Å². The lowest BCUT2D eigenvalue weighted by atomic mass is 9.98. The zero-order chi connectivity index (χ0) is 17.9. The molecule has 0 bridgehead atoms. The van der Waals surface area contributed by atoms with E-state index in [0.29, 0.717) is 18.0 Å². The molecule has 1 aromatic heterocycles. The minimum Gasteiger partial charge on any atom is -0.271 e. The molecule has 2 nitrogen and oxygen atoms in total. The van der Waals surface area contributed by atoms with E-state index in [1.165, 1.54) is 18.2 Å². The van der Waals surface area contributed by atoms with Crippen LogP contribution in [0, 0.1) is 23.5 Å². The number of hydrogen-bond donors (Lipinski definition) is 0. The Hall–Kier alpha value is -3.32. The van der Waals surface area contributed by atoms with Gasteiger partial charge in [0.2, 0.25) is 0 Å². The van der Waals surface area contributed by atoms with Crippen LogP contribution >= 0.6 is 0 Å². The van der Waals surface area contributed by atoms with Gasteiger partial charge in [0.15, 0.2) is 0 Å². The summed E-state index contributed by atoms with van der Waals surface area (Å²) in [5.74, 6) is 4.99. The number of hydrogen-bond acceptors (Lipinski definition) is 2. The third kappa shape index (κ3) is 3.25. The molecular formula is C22H14F2N2. The summed E-state index contributed by atoms with van der Waals surface area (Å²) in [7, 11) is 0. The molecule has 2 aromatic carbocycles. The highest BCUT2D eigenvalue weighted by atomic mass is 19.1. The molecule has 0 spiro atoms. The minimum absolute atomic E-state index is 0.0727. The van der Waals surface area contributed by atoms with E-state index in [1.807, 2.05) is 36.4 Å². The second-order valence-corrected chi connectivity index (χ2v) is 6.00. The Balaban J connectivity index is 1.63. The second kappa shape index (κ2) is 6.89. The van der Waals surface area contributed by atoms with Gasteiger partial charge in [-0.3, -0.25) is 4.99 Å². The van der Waals surface area contributed by atoms with Crippen LogP contribution in [0.15, 0.2) is 65.8 Å². The fourth-order valence-electron chi connectivity index (χ4n) is 2.91. The molecule has 0 N–H and O–H groups in total. The molecule has 126 valence electrons. The van der Waals surface area contributed by atoms with Crippen LogP contribution in [0.2, 0.25) is 0 Å². The summed E-state index contributed by atoms with van der Waals surface area (Å²) in [6.07, 6.45) is 1.88. The number of halogens is 2. The van der Waals surface area contributed by atoms with Crippen molar-refractivity contribution in [3.8, 4) is 11.8 Å². The number of aromatic nitrogens is 1. The molecule has 3 aromatic rings. The van der Waals surface area contributed by atoms with Gasteiger partial charge in [-0.2, -0.15) is 0 Å². The average Bonchev–Trinajstić information content (AvgIpc) is 3.06. The number of rotatable bonds is 2. The topological polar surface area (TPSA) is 25.2 Å². The van der Waals surface area contributed by atoms with Crippen LogP contribution < -0.4 is 0 Å². The van der Waals surface area contributed by atoms with Gasteiger partial charge in [0.1, 0.15) is 23.0 Å². The van der Waals surface area contributed by atoms with E-state index < -0.39 is 11.6 Å². The molecule has 0 fully saturated rings. The van der Waals surface area contributed by atoms with Crippen LogP contribution in [0.5, 0.6) is 0 Å². The zero-order valence-corrected chi connectivity index (χ0v) is 13.8. The molecule has 0 amide bonds. The molecule has 0 saturated heterocycles. The van der Waals surface area contributed by atoms with Crippen molar-refractivity contribution >= 4 is 5.71 Å². The molecule has 0 radical (unpaired) electrons. The Labute approximate surface area is 150 Å². The molecule has 4 rings (SSSR count). The van der Waals surface area contributed by atoms with Crippen LogP contribution in [0.1, 0.15) is 27.9 Å². The van der Waals surface area contributed by atoms with Gasteiger partial charge in [-0.05, 0) is 53.3 Å². The van der Waals surface area contributed by atoms with Gasteiger partial charge in [0.05, 0.1) is 6.54 Å². The van der Waals surface area contributed by atoms with Crippen LogP contribution in [0.4, 0.5) is 8.78 Å². The first-order valence-electron chi connectivity index (χ1n) is 8.23.